The molecule has 2 heterocycles. The Morgan fingerprint density at radius 3 is 2.46 bits per heavy atom. The highest BCUT2D eigenvalue weighted by molar-refractivity contribution is 5.95. The molecule has 0 fully saturated rings. The normalized spacial score (nSPS) is 11.1. The predicted octanol–water partition coefficient (Wildman–Crippen LogP) is 1.84. The minimum atomic E-state index is -1.03. The number of aliphatic carboxylic acids is 1. The first-order valence-electron chi connectivity index (χ1n) is 12.2. The Bertz CT molecular complexity index is 1520. The van der Waals surface area contributed by atoms with E-state index in [4.69, 9.17) is 35.6 Å². The first kappa shape index (κ1) is 30.2. The highest BCUT2D eigenvalue weighted by Crippen LogP contribution is 2.35. The Hall–Kier alpha value is -5.31. The molecule has 0 saturated heterocycles. The largest absolute Gasteiger partial charge is 0.494 e. The number of aliphatic hydroxyl groups is 1. The number of nitrogens with one attached hydrogen (secondary N) is 3. The number of carboxylic acid groups (broad SMARTS) is 1. The van der Waals surface area contributed by atoms with E-state index in [0.29, 0.717) is 23.6 Å². The standard InChI is InChI=1S/C24H25FN8O4.C2H4O2/c1-2-36-16-12-17(19(25)18(13-16)37-11-10-34)20(30-15-6-4-14(5-7-15)21(26)27)22-31-24(35)33(32-22)23-28-8-3-9-29-23;1-2(3)4/h3-9,12-13,20,30,34H,2,10-11H2,1H3,(H3,26,27)(H,31,32,35);1H3,(H,3,4). The van der Waals surface area contributed by atoms with Crippen molar-refractivity contribution in [2.45, 2.75) is 19.9 Å². The van der Waals surface area contributed by atoms with Gasteiger partial charge in [0.2, 0.25) is 0 Å². The topological polar surface area (TPSA) is 214 Å². The Morgan fingerprint density at radius 1 is 1.22 bits per heavy atom. The van der Waals surface area contributed by atoms with Crippen LogP contribution in [0.5, 0.6) is 11.5 Å². The number of nitrogen functional groups attached to an aromatic ring is 1. The van der Waals surface area contributed by atoms with E-state index in [2.05, 4.69) is 25.4 Å². The van der Waals surface area contributed by atoms with Gasteiger partial charge in [-0.25, -0.2) is 19.2 Å². The van der Waals surface area contributed by atoms with Crippen LogP contribution in [0.25, 0.3) is 5.95 Å². The van der Waals surface area contributed by atoms with Gasteiger partial charge in [0.15, 0.2) is 17.4 Å². The van der Waals surface area contributed by atoms with Gasteiger partial charge in [0.1, 0.15) is 24.2 Å². The van der Waals surface area contributed by atoms with Crippen molar-refractivity contribution in [1.29, 1.82) is 5.41 Å². The zero-order valence-electron chi connectivity index (χ0n) is 22.2. The fraction of sp³-hybridized carbons (Fsp3) is 0.231. The van der Waals surface area contributed by atoms with Crippen LogP contribution in [0.3, 0.4) is 0 Å². The van der Waals surface area contributed by atoms with Crippen molar-refractivity contribution in [2.75, 3.05) is 25.1 Å². The third kappa shape index (κ3) is 8.09. The first-order valence-corrected chi connectivity index (χ1v) is 12.2. The van der Waals surface area contributed by atoms with Crippen LogP contribution in [0.1, 0.15) is 36.8 Å². The fourth-order valence-electron chi connectivity index (χ4n) is 3.53. The lowest BCUT2D eigenvalue weighted by Crippen LogP contribution is -2.18. The summed E-state index contributed by atoms with van der Waals surface area (Å²) in [6, 6.07) is 10.0. The number of nitrogens with two attached hydrogens (primary N) is 1. The van der Waals surface area contributed by atoms with Crippen LogP contribution in [0.15, 0.2) is 59.7 Å². The van der Waals surface area contributed by atoms with Crippen LogP contribution in [0, 0.1) is 11.2 Å². The van der Waals surface area contributed by atoms with Crippen molar-refractivity contribution in [1.82, 2.24) is 24.7 Å². The van der Waals surface area contributed by atoms with E-state index < -0.39 is 23.5 Å². The molecule has 0 amide bonds. The van der Waals surface area contributed by atoms with Crippen molar-refractivity contribution in [3.63, 3.8) is 0 Å². The summed E-state index contributed by atoms with van der Waals surface area (Å²) in [7, 11) is 0. The molecular formula is C26H29FN8O6. The number of halogens is 1. The van der Waals surface area contributed by atoms with Crippen molar-refractivity contribution >= 4 is 17.5 Å². The molecule has 216 valence electrons. The SMILES string of the molecule is CC(=O)O.CCOc1cc(OCCO)c(F)c(C(Nc2ccc(C(=N)N)cc2)c2nn(-c3ncccn3)c(=O)[nH]2)c1. The number of rotatable bonds is 11. The fourth-order valence-corrected chi connectivity index (χ4v) is 3.53. The van der Waals surface area contributed by atoms with Gasteiger partial charge in [-0.05, 0) is 43.3 Å². The number of benzene rings is 2. The molecule has 41 heavy (non-hydrogen) atoms. The second-order valence-electron chi connectivity index (χ2n) is 8.19. The van der Waals surface area contributed by atoms with Gasteiger partial charge in [0, 0.05) is 42.2 Å². The quantitative estimate of drug-likeness (QED) is 0.113. The van der Waals surface area contributed by atoms with Crippen molar-refractivity contribution in [3.8, 4) is 17.4 Å². The third-order valence-corrected chi connectivity index (χ3v) is 5.17. The van der Waals surface area contributed by atoms with Crippen LogP contribution >= 0.6 is 0 Å². The molecule has 0 aliphatic carbocycles. The van der Waals surface area contributed by atoms with Gasteiger partial charge in [-0.1, -0.05) is 0 Å². The number of aromatic amines is 1. The Morgan fingerprint density at radius 2 is 1.88 bits per heavy atom. The number of aromatic nitrogens is 5. The Kier molecular flexibility index (Phi) is 10.5. The highest BCUT2D eigenvalue weighted by Gasteiger charge is 2.27. The van der Waals surface area contributed by atoms with Crippen molar-refractivity contribution in [2.24, 2.45) is 5.73 Å². The Balaban J connectivity index is 0.00000108. The summed E-state index contributed by atoms with van der Waals surface area (Å²) in [6.45, 7) is 2.73. The maximum Gasteiger partial charge on any atom is 0.350 e. The lowest BCUT2D eigenvalue weighted by molar-refractivity contribution is -0.134. The van der Waals surface area contributed by atoms with Crippen molar-refractivity contribution < 1.29 is 28.9 Å². The summed E-state index contributed by atoms with van der Waals surface area (Å²) in [5.74, 6) is -1.39. The van der Waals surface area contributed by atoms with Gasteiger partial charge in [-0.2, -0.15) is 0 Å². The minimum Gasteiger partial charge on any atom is -0.494 e. The zero-order chi connectivity index (χ0) is 29.9. The van der Waals surface area contributed by atoms with E-state index in [0.717, 1.165) is 11.6 Å². The Labute approximate surface area is 233 Å². The molecule has 0 aliphatic rings. The van der Waals surface area contributed by atoms with Gasteiger partial charge < -0.3 is 30.7 Å². The number of H-pyrrole nitrogens is 1. The van der Waals surface area contributed by atoms with E-state index in [1.165, 1.54) is 24.5 Å². The first-order chi connectivity index (χ1) is 19.6. The number of ether oxygens (including phenoxy) is 2. The number of aliphatic hydroxyl groups excluding tert-OH is 1. The molecule has 2 aromatic carbocycles. The summed E-state index contributed by atoms with van der Waals surface area (Å²) in [4.78, 5) is 32.5. The zero-order valence-corrected chi connectivity index (χ0v) is 22.2. The molecular weight excluding hydrogens is 539 g/mol. The molecule has 0 radical (unpaired) electrons. The molecule has 0 aliphatic heterocycles. The van der Waals surface area contributed by atoms with E-state index in [-0.39, 0.29) is 42.1 Å². The molecule has 2 aromatic heterocycles. The lowest BCUT2D eigenvalue weighted by atomic mass is 10.0. The average molecular weight is 569 g/mol. The van der Waals surface area contributed by atoms with E-state index in [9.17, 15) is 4.79 Å². The molecule has 0 saturated carbocycles. The molecule has 1 unspecified atom stereocenters. The van der Waals surface area contributed by atoms with E-state index >= 15 is 4.39 Å². The van der Waals surface area contributed by atoms with Gasteiger partial charge in [0.05, 0.1) is 13.2 Å². The van der Waals surface area contributed by atoms with Gasteiger partial charge in [0.25, 0.3) is 11.9 Å². The summed E-state index contributed by atoms with van der Waals surface area (Å²) in [6.07, 6.45) is 2.93. The summed E-state index contributed by atoms with van der Waals surface area (Å²) >= 11 is 0. The van der Waals surface area contributed by atoms with E-state index in [1.54, 1.807) is 37.3 Å². The number of hydrogen-bond donors (Lipinski definition) is 6. The maximum atomic E-state index is 15.8. The molecule has 7 N–H and O–H groups in total. The third-order valence-electron chi connectivity index (χ3n) is 5.17. The van der Waals surface area contributed by atoms with Crippen LogP contribution in [-0.4, -0.2) is 66.6 Å². The molecule has 14 nitrogen and oxygen atoms in total. The second-order valence-corrected chi connectivity index (χ2v) is 8.19. The second kappa shape index (κ2) is 14.2. The maximum absolute atomic E-state index is 15.8. The minimum absolute atomic E-state index is 0.0371. The summed E-state index contributed by atoms with van der Waals surface area (Å²) < 4.78 is 27.7. The lowest BCUT2D eigenvalue weighted by Gasteiger charge is -2.21. The molecule has 4 aromatic rings. The number of nitrogens with zero attached hydrogens (tertiary/aromatic N) is 4. The van der Waals surface area contributed by atoms with E-state index in [1.807, 2.05) is 0 Å². The number of carboxylic acids is 1. The highest BCUT2D eigenvalue weighted by atomic mass is 19.1. The number of amidine groups is 1. The molecule has 0 spiro atoms. The van der Waals surface area contributed by atoms with Crippen molar-refractivity contribution in [3.05, 3.63) is 88.1 Å². The van der Waals surface area contributed by atoms with Crippen LogP contribution in [-0.2, 0) is 4.79 Å². The molecule has 1 atom stereocenters. The summed E-state index contributed by atoms with van der Waals surface area (Å²) in [5, 5.41) is 31.7. The van der Waals surface area contributed by atoms with Gasteiger partial charge in [-0.3, -0.25) is 15.2 Å². The summed E-state index contributed by atoms with van der Waals surface area (Å²) in [5.41, 5.74) is 6.01. The molecule has 15 heteroatoms. The van der Waals surface area contributed by atoms with Crippen LogP contribution in [0.4, 0.5) is 10.1 Å². The van der Waals surface area contributed by atoms with Gasteiger partial charge >= 0.3 is 5.69 Å². The average Bonchev–Trinajstić information content (AvgIpc) is 3.33. The number of hydrogen-bond acceptors (Lipinski definition) is 10. The van der Waals surface area contributed by atoms with Crippen LogP contribution in [0.2, 0.25) is 0 Å². The number of carbonyl (C=O) groups is 1. The number of anilines is 1. The molecule has 0 bridgehead atoms. The predicted molar refractivity (Wildman–Crippen MR) is 146 cm³/mol. The monoisotopic (exact) mass is 568 g/mol. The van der Waals surface area contributed by atoms with Crippen LogP contribution < -0.4 is 26.2 Å². The van der Waals surface area contributed by atoms with Gasteiger partial charge in [-0.15, -0.1) is 9.78 Å². The smallest absolute Gasteiger partial charge is 0.350 e. The molecule has 4 rings (SSSR count).